The summed E-state index contributed by atoms with van der Waals surface area (Å²) in [5.41, 5.74) is 0.394. The number of aromatic nitrogens is 3. The Kier molecular flexibility index (Phi) is 7.58. The van der Waals surface area contributed by atoms with Gasteiger partial charge in [-0.2, -0.15) is 13.2 Å². The minimum absolute atomic E-state index is 0.0947. The van der Waals surface area contributed by atoms with Gasteiger partial charge in [0.2, 0.25) is 0 Å². The molecule has 37 heavy (non-hydrogen) atoms. The lowest BCUT2D eigenvalue weighted by atomic mass is 10.1. The number of halogens is 3. The van der Waals surface area contributed by atoms with Crippen LogP contribution in [0.25, 0.3) is 5.69 Å². The molecule has 0 aliphatic rings. The Morgan fingerprint density at radius 1 is 1.05 bits per heavy atom. The Bertz CT molecular complexity index is 1410. The fourth-order valence-corrected chi connectivity index (χ4v) is 4.44. The van der Waals surface area contributed by atoms with Gasteiger partial charge in [-0.15, -0.1) is 10.2 Å². The van der Waals surface area contributed by atoms with Gasteiger partial charge in [-0.25, -0.2) is 0 Å². The predicted octanol–water partition coefficient (Wildman–Crippen LogP) is 5.98. The first-order valence-electron chi connectivity index (χ1n) is 11.0. The van der Waals surface area contributed by atoms with Crippen molar-refractivity contribution in [3.8, 4) is 5.69 Å². The number of alkyl halides is 3. The maximum absolute atomic E-state index is 13.1. The quantitative estimate of drug-likeness (QED) is 0.172. The highest BCUT2D eigenvalue weighted by Gasteiger charge is 2.31. The van der Waals surface area contributed by atoms with Gasteiger partial charge in [0.1, 0.15) is 0 Å². The predicted molar refractivity (Wildman–Crippen MR) is 131 cm³/mol. The largest absolute Gasteiger partial charge is 0.416 e. The van der Waals surface area contributed by atoms with Crippen LogP contribution in [0.15, 0.2) is 84.0 Å². The van der Waals surface area contributed by atoms with E-state index in [-0.39, 0.29) is 11.3 Å². The molecule has 8 nitrogen and oxygen atoms in total. The number of hydrogen-bond acceptors (Lipinski definition) is 6. The monoisotopic (exact) mass is 527 g/mol. The zero-order valence-corrected chi connectivity index (χ0v) is 20.2. The van der Waals surface area contributed by atoms with Crippen molar-refractivity contribution >= 4 is 23.4 Å². The first-order chi connectivity index (χ1) is 17.6. The fourth-order valence-electron chi connectivity index (χ4n) is 3.52. The van der Waals surface area contributed by atoms with E-state index in [1.165, 1.54) is 36.0 Å². The highest BCUT2D eigenvalue weighted by molar-refractivity contribution is 7.98. The number of benzene rings is 3. The lowest BCUT2D eigenvalue weighted by Crippen LogP contribution is -2.29. The number of carbonyl (C=O) groups is 1. The van der Waals surface area contributed by atoms with Crippen LogP contribution < -0.4 is 5.32 Å². The molecule has 0 bridgehead atoms. The Morgan fingerprint density at radius 3 is 2.41 bits per heavy atom. The summed E-state index contributed by atoms with van der Waals surface area (Å²) in [6.45, 7) is 1.63. The number of nitro groups is 1. The summed E-state index contributed by atoms with van der Waals surface area (Å²) in [4.78, 5) is 23.4. The molecule has 0 fully saturated rings. The lowest BCUT2D eigenvalue weighted by Gasteiger charge is -2.17. The molecule has 3 aromatic carbocycles. The number of non-ortho nitro benzene ring substituents is 1. The number of rotatable bonds is 8. The molecule has 12 heteroatoms. The first-order valence-corrected chi connectivity index (χ1v) is 12.0. The van der Waals surface area contributed by atoms with Gasteiger partial charge in [-0.3, -0.25) is 19.5 Å². The molecule has 1 atom stereocenters. The molecule has 1 N–H and O–H groups in total. The highest BCUT2D eigenvalue weighted by Crippen LogP contribution is 2.31. The summed E-state index contributed by atoms with van der Waals surface area (Å²) in [6, 6.07) is 18.8. The Labute approximate surface area is 213 Å². The average molecular weight is 528 g/mol. The van der Waals surface area contributed by atoms with Crippen molar-refractivity contribution in [2.75, 3.05) is 0 Å². The molecule has 0 aliphatic carbocycles. The third-order valence-electron chi connectivity index (χ3n) is 5.37. The Morgan fingerprint density at radius 2 is 1.76 bits per heavy atom. The van der Waals surface area contributed by atoms with Crippen LogP contribution in [-0.4, -0.2) is 25.6 Å². The summed E-state index contributed by atoms with van der Waals surface area (Å²) in [5.74, 6) is 0.164. The summed E-state index contributed by atoms with van der Waals surface area (Å²) >= 11 is 1.38. The molecule has 0 aliphatic heterocycles. The third kappa shape index (κ3) is 6.15. The highest BCUT2D eigenvalue weighted by atomic mass is 32.2. The second kappa shape index (κ2) is 10.8. The Balaban J connectivity index is 1.63. The normalized spacial score (nSPS) is 12.2. The molecule has 190 valence electrons. The molecule has 4 aromatic rings. The second-order valence-electron chi connectivity index (χ2n) is 8.00. The van der Waals surface area contributed by atoms with Crippen LogP contribution in [-0.2, 0) is 11.9 Å². The van der Waals surface area contributed by atoms with Gasteiger partial charge >= 0.3 is 6.18 Å². The number of nitrogens with zero attached hydrogens (tertiary/aromatic N) is 4. The van der Waals surface area contributed by atoms with E-state index in [1.54, 1.807) is 23.6 Å². The maximum atomic E-state index is 13.1. The SMILES string of the molecule is CC(NC(=O)c1cccc(C(F)(F)F)c1)c1nnc(SCc2ccccc2)n1-c1ccc([N+](=O)[O-])cc1. The average Bonchev–Trinajstić information content (AvgIpc) is 3.32. The lowest BCUT2D eigenvalue weighted by molar-refractivity contribution is -0.384. The number of nitro benzene ring substituents is 1. The van der Waals surface area contributed by atoms with Crippen LogP contribution >= 0.6 is 11.8 Å². The minimum atomic E-state index is -4.58. The van der Waals surface area contributed by atoms with E-state index in [0.29, 0.717) is 22.4 Å². The van der Waals surface area contributed by atoms with E-state index in [9.17, 15) is 28.1 Å². The topological polar surface area (TPSA) is 103 Å². The van der Waals surface area contributed by atoms with E-state index >= 15 is 0 Å². The zero-order chi connectivity index (χ0) is 26.6. The molecular weight excluding hydrogens is 507 g/mol. The van der Waals surface area contributed by atoms with Gasteiger partial charge in [0, 0.05) is 29.1 Å². The van der Waals surface area contributed by atoms with Crippen molar-refractivity contribution in [2.45, 2.75) is 30.1 Å². The molecule has 0 saturated carbocycles. The van der Waals surface area contributed by atoms with Crippen LogP contribution in [0, 0.1) is 10.1 Å². The van der Waals surface area contributed by atoms with Crippen LogP contribution in [0.1, 0.15) is 40.3 Å². The van der Waals surface area contributed by atoms with E-state index in [0.717, 1.165) is 17.7 Å². The van der Waals surface area contributed by atoms with Gasteiger partial charge in [-0.1, -0.05) is 48.2 Å². The van der Waals surface area contributed by atoms with Crippen molar-refractivity contribution in [1.29, 1.82) is 0 Å². The van der Waals surface area contributed by atoms with Gasteiger partial charge in [-0.05, 0) is 42.8 Å². The van der Waals surface area contributed by atoms with E-state index in [1.807, 2.05) is 30.3 Å². The van der Waals surface area contributed by atoms with E-state index < -0.39 is 28.6 Å². The van der Waals surface area contributed by atoms with Crippen LogP contribution in [0.4, 0.5) is 18.9 Å². The van der Waals surface area contributed by atoms with Crippen molar-refractivity contribution in [3.63, 3.8) is 0 Å². The summed E-state index contributed by atoms with van der Waals surface area (Å²) in [5, 5.41) is 22.7. The molecule has 1 amide bonds. The zero-order valence-electron chi connectivity index (χ0n) is 19.3. The maximum Gasteiger partial charge on any atom is 0.416 e. The van der Waals surface area contributed by atoms with Crippen LogP contribution in [0.5, 0.6) is 0 Å². The molecular formula is C25H20F3N5O3S. The minimum Gasteiger partial charge on any atom is -0.342 e. The van der Waals surface area contributed by atoms with E-state index in [4.69, 9.17) is 0 Å². The second-order valence-corrected chi connectivity index (χ2v) is 8.94. The van der Waals surface area contributed by atoms with Gasteiger partial charge in [0.15, 0.2) is 11.0 Å². The van der Waals surface area contributed by atoms with Crippen molar-refractivity contribution in [2.24, 2.45) is 0 Å². The molecule has 4 rings (SSSR count). The van der Waals surface area contributed by atoms with Crippen molar-refractivity contribution < 1.29 is 22.9 Å². The molecule has 0 radical (unpaired) electrons. The number of hydrogen-bond donors (Lipinski definition) is 1. The summed E-state index contributed by atoms with van der Waals surface area (Å²) in [6.07, 6.45) is -4.58. The summed E-state index contributed by atoms with van der Waals surface area (Å²) < 4.78 is 40.9. The van der Waals surface area contributed by atoms with Crippen LogP contribution in [0.2, 0.25) is 0 Å². The molecule has 1 aromatic heterocycles. The van der Waals surface area contributed by atoms with Gasteiger partial charge in [0.25, 0.3) is 11.6 Å². The van der Waals surface area contributed by atoms with Crippen LogP contribution in [0.3, 0.4) is 0 Å². The number of carbonyl (C=O) groups excluding carboxylic acids is 1. The van der Waals surface area contributed by atoms with E-state index in [2.05, 4.69) is 15.5 Å². The Hall–Kier alpha value is -4.19. The molecule has 0 spiro atoms. The third-order valence-corrected chi connectivity index (χ3v) is 6.37. The standard InChI is InChI=1S/C25H20F3N5O3S/c1-16(29-23(34)18-8-5-9-19(14-18)25(26,27)28)22-30-31-24(37-15-17-6-3-2-4-7-17)32(22)20-10-12-21(13-11-20)33(35)36/h2-14,16H,15H2,1H3,(H,29,34). The van der Waals surface area contributed by atoms with Gasteiger partial charge in [0.05, 0.1) is 16.5 Å². The smallest absolute Gasteiger partial charge is 0.342 e. The van der Waals surface area contributed by atoms with Crippen molar-refractivity contribution in [3.05, 3.63) is 111 Å². The fraction of sp³-hybridized carbons (Fsp3) is 0.160. The summed E-state index contributed by atoms with van der Waals surface area (Å²) in [7, 11) is 0. The number of amides is 1. The molecule has 1 unspecified atom stereocenters. The first kappa shape index (κ1) is 25.9. The van der Waals surface area contributed by atoms with Gasteiger partial charge < -0.3 is 5.32 Å². The number of thioether (sulfide) groups is 1. The molecule has 1 heterocycles. The number of nitrogens with one attached hydrogen (secondary N) is 1. The van der Waals surface area contributed by atoms with Crippen molar-refractivity contribution in [1.82, 2.24) is 20.1 Å². The molecule has 0 saturated heterocycles.